The summed E-state index contributed by atoms with van der Waals surface area (Å²) in [4.78, 5) is 14.0. The van der Waals surface area contributed by atoms with Crippen molar-refractivity contribution in [1.29, 1.82) is 0 Å². The first-order valence-electron chi connectivity index (χ1n) is 8.11. The first-order chi connectivity index (χ1) is 13.0. The van der Waals surface area contributed by atoms with Gasteiger partial charge in [-0.25, -0.2) is 0 Å². The molecule has 1 heterocycles. The second kappa shape index (κ2) is 7.81. The Labute approximate surface area is 170 Å². The second-order valence-electron chi connectivity index (χ2n) is 5.88. The van der Waals surface area contributed by atoms with Crippen molar-refractivity contribution >= 4 is 34.2 Å². The summed E-state index contributed by atoms with van der Waals surface area (Å²) >= 11 is 2.16. The first-order valence-corrected chi connectivity index (χ1v) is 9.19. The number of rotatable bonds is 6. The van der Waals surface area contributed by atoms with E-state index >= 15 is 0 Å². The van der Waals surface area contributed by atoms with Crippen LogP contribution in [0.25, 0.3) is 0 Å². The lowest BCUT2D eigenvalue weighted by Gasteiger charge is -2.45. The summed E-state index contributed by atoms with van der Waals surface area (Å²) in [6, 6.07) is 8.41. The van der Waals surface area contributed by atoms with E-state index in [1.807, 2.05) is 18.2 Å². The molecule has 0 saturated carbocycles. The zero-order valence-corrected chi connectivity index (χ0v) is 17.5. The maximum Gasteiger partial charge on any atom is 0.259 e. The van der Waals surface area contributed by atoms with Crippen molar-refractivity contribution < 1.29 is 28.8 Å². The van der Waals surface area contributed by atoms with Crippen LogP contribution in [0, 0.1) is 3.57 Å². The minimum atomic E-state index is -1.12. The zero-order chi connectivity index (χ0) is 19.7. The number of aliphatic hydroxyl groups is 1. The van der Waals surface area contributed by atoms with Crippen molar-refractivity contribution in [2.45, 2.75) is 12.1 Å². The monoisotopic (exact) mass is 485 g/mol. The molecule has 8 heteroatoms. The molecule has 2 aromatic rings. The van der Waals surface area contributed by atoms with Gasteiger partial charge >= 0.3 is 0 Å². The van der Waals surface area contributed by atoms with Gasteiger partial charge in [-0.15, -0.1) is 0 Å². The SMILES string of the molecule is COc1ccc([C@H]2[C@H](O)C(=O)N2c2cc(OC)c(OC)c(OC)c2)cc1I. The summed E-state index contributed by atoms with van der Waals surface area (Å²) < 4.78 is 22.2. The minimum absolute atomic E-state index is 0.389. The molecule has 3 rings (SSSR count). The normalized spacial score (nSPS) is 18.7. The highest BCUT2D eigenvalue weighted by Crippen LogP contribution is 2.46. The first kappa shape index (κ1) is 19.6. The Morgan fingerprint density at radius 1 is 0.926 bits per heavy atom. The number of anilines is 1. The molecule has 0 spiro atoms. The molecule has 0 unspecified atom stereocenters. The lowest BCUT2D eigenvalue weighted by Crippen LogP contribution is -2.59. The number of carbonyl (C=O) groups is 1. The molecule has 0 bridgehead atoms. The number of halogens is 1. The molecule has 27 heavy (non-hydrogen) atoms. The Hall–Kier alpha value is -2.20. The largest absolute Gasteiger partial charge is 0.496 e. The highest BCUT2D eigenvalue weighted by molar-refractivity contribution is 14.1. The quantitative estimate of drug-likeness (QED) is 0.501. The van der Waals surface area contributed by atoms with Gasteiger partial charge in [-0.05, 0) is 40.3 Å². The fourth-order valence-corrected chi connectivity index (χ4v) is 3.93. The van der Waals surface area contributed by atoms with E-state index < -0.39 is 12.1 Å². The van der Waals surface area contributed by atoms with Crippen LogP contribution in [-0.2, 0) is 4.79 Å². The predicted octanol–water partition coefficient (Wildman–Crippen LogP) is 2.77. The lowest BCUT2D eigenvalue weighted by molar-refractivity contribution is -0.137. The molecule has 1 fully saturated rings. The summed E-state index contributed by atoms with van der Waals surface area (Å²) in [6.45, 7) is 0. The Morgan fingerprint density at radius 2 is 1.52 bits per heavy atom. The van der Waals surface area contributed by atoms with Gasteiger partial charge in [-0.3, -0.25) is 9.69 Å². The zero-order valence-electron chi connectivity index (χ0n) is 15.4. The molecule has 144 valence electrons. The van der Waals surface area contributed by atoms with Crippen molar-refractivity contribution in [2.24, 2.45) is 0 Å². The van der Waals surface area contributed by atoms with Gasteiger partial charge in [0, 0.05) is 12.1 Å². The van der Waals surface area contributed by atoms with Crippen LogP contribution in [-0.4, -0.2) is 45.6 Å². The van der Waals surface area contributed by atoms with Crippen LogP contribution in [0.1, 0.15) is 11.6 Å². The van der Waals surface area contributed by atoms with E-state index in [0.717, 1.165) is 14.9 Å². The van der Waals surface area contributed by atoms with Gasteiger partial charge in [0.05, 0.1) is 43.7 Å². The maximum absolute atomic E-state index is 12.4. The van der Waals surface area contributed by atoms with E-state index in [-0.39, 0.29) is 5.91 Å². The van der Waals surface area contributed by atoms with E-state index in [4.69, 9.17) is 18.9 Å². The van der Waals surface area contributed by atoms with Crippen LogP contribution < -0.4 is 23.8 Å². The molecule has 2 atom stereocenters. The van der Waals surface area contributed by atoms with E-state index in [2.05, 4.69) is 22.6 Å². The maximum atomic E-state index is 12.4. The van der Waals surface area contributed by atoms with Gasteiger partial charge in [-0.2, -0.15) is 0 Å². The molecule has 0 radical (unpaired) electrons. The number of benzene rings is 2. The van der Waals surface area contributed by atoms with Gasteiger partial charge in [0.15, 0.2) is 17.6 Å². The van der Waals surface area contributed by atoms with Crippen LogP contribution >= 0.6 is 22.6 Å². The smallest absolute Gasteiger partial charge is 0.259 e. The fraction of sp³-hybridized carbons (Fsp3) is 0.316. The van der Waals surface area contributed by atoms with Crippen molar-refractivity contribution in [3.63, 3.8) is 0 Å². The molecule has 0 aliphatic carbocycles. The van der Waals surface area contributed by atoms with Crippen LogP contribution in [0.5, 0.6) is 23.0 Å². The molecule has 0 aromatic heterocycles. The molecular formula is C19H20INO6. The van der Waals surface area contributed by atoms with Gasteiger partial charge in [0.25, 0.3) is 5.91 Å². The van der Waals surface area contributed by atoms with Crippen LogP contribution in [0.15, 0.2) is 30.3 Å². The standard InChI is InChI=1S/C19H20INO6/c1-24-13-6-5-10(7-12(13)20)16-17(22)19(23)21(16)11-8-14(25-2)18(27-4)15(9-11)26-3/h5-9,16-17,22H,1-4H3/t16-,17-/m0/s1. The molecule has 2 aromatic carbocycles. The van der Waals surface area contributed by atoms with E-state index in [9.17, 15) is 9.90 Å². The Balaban J connectivity index is 2.05. The number of ether oxygens (including phenoxy) is 4. The molecule has 1 amide bonds. The molecule has 1 N–H and O–H groups in total. The number of methoxy groups -OCH3 is 4. The lowest BCUT2D eigenvalue weighted by atomic mass is 9.90. The molecule has 7 nitrogen and oxygen atoms in total. The molecule has 1 saturated heterocycles. The van der Waals surface area contributed by atoms with E-state index in [1.165, 1.54) is 26.2 Å². The molecule has 1 aliphatic rings. The third kappa shape index (κ3) is 3.27. The predicted molar refractivity (Wildman–Crippen MR) is 108 cm³/mol. The summed E-state index contributed by atoms with van der Waals surface area (Å²) in [7, 11) is 6.14. The highest BCUT2D eigenvalue weighted by atomic mass is 127. The average molecular weight is 485 g/mol. The Kier molecular flexibility index (Phi) is 5.66. The highest BCUT2D eigenvalue weighted by Gasteiger charge is 2.48. The third-order valence-corrected chi connectivity index (χ3v) is 5.36. The minimum Gasteiger partial charge on any atom is -0.496 e. The van der Waals surface area contributed by atoms with Crippen LogP contribution in [0.2, 0.25) is 0 Å². The number of β-lactam (4-membered cyclic amide) rings is 1. The summed E-state index contributed by atoms with van der Waals surface area (Å²) in [5, 5.41) is 10.3. The van der Waals surface area contributed by atoms with Crippen molar-refractivity contribution in [2.75, 3.05) is 33.3 Å². The average Bonchev–Trinajstić information content (AvgIpc) is 2.69. The number of hydrogen-bond donors (Lipinski definition) is 1. The summed E-state index contributed by atoms with van der Waals surface area (Å²) in [5.41, 5.74) is 1.36. The van der Waals surface area contributed by atoms with Gasteiger partial charge in [-0.1, -0.05) is 6.07 Å². The number of amides is 1. The van der Waals surface area contributed by atoms with Gasteiger partial charge in [0.1, 0.15) is 5.75 Å². The number of aliphatic hydroxyl groups excluding tert-OH is 1. The van der Waals surface area contributed by atoms with E-state index in [1.54, 1.807) is 19.2 Å². The van der Waals surface area contributed by atoms with Crippen LogP contribution in [0.3, 0.4) is 0 Å². The van der Waals surface area contributed by atoms with Crippen LogP contribution in [0.4, 0.5) is 5.69 Å². The second-order valence-corrected chi connectivity index (χ2v) is 7.04. The van der Waals surface area contributed by atoms with Gasteiger partial charge < -0.3 is 24.1 Å². The topological polar surface area (TPSA) is 77.5 Å². The Bertz CT molecular complexity index is 846. The van der Waals surface area contributed by atoms with Crippen molar-refractivity contribution in [3.8, 4) is 23.0 Å². The molecule has 1 aliphatic heterocycles. The van der Waals surface area contributed by atoms with E-state index in [0.29, 0.717) is 22.9 Å². The summed E-state index contributed by atoms with van der Waals surface area (Å²) in [6.07, 6.45) is -1.12. The summed E-state index contributed by atoms with van der Waals surface area (Å²) in [5.74, 6) is 1.65. The van der Waals surface area contributed by atoms with Gasteiger partial charge in [0.2, 0.25) is 5.75 Å². The molecular weight excluding hydrogens is 465 g/mol. The Morgan fingerprint density at radius 3 is 2.00 bits per heavy atom. The third-order valence-electron chi connectivity index (χ3n) is 4.51. The number of carbonyl (C=O) groups excluding carboxylic acids is 1. The van der Waals surface area contributed by atoms with Crippen molar-refractivity contribution in [3.05, 3.63) is 39.5 Å². The fourth-order valence-electron chi connectivity index (χ4n) is 3.17. The number of nitrogens with zero attached hydrogens (tertiary/aromatic N) is 1. The van der Waals surface area contributed by atoms with Crippen molar-refractivity contribution in [1.82, 2.24) is 0 Å². The number of hydrogen-bond acceptors (Lipinski definition) is 6.